The standard InChI is InChI=1S/C13H24O2/c1-3-5-6-7-8-9-10-11-12(4-2)13(14)15/h11H,3-10H2,1-2H3,(H,14,15)/b12-11-. The van der Waals surface area contributed by atoms with Crippen LogP contribution in [0.4, 0.5) is 0 Å². The highest BCUT2D eigenvalue weighted by Gasteiger charge is 2.02. The molecule has 0 aromatic heterocycles. The van der Waals surface area contributed by atoms with E-state index in [4.69, 9.17) is 5.11 Å². The van der Waals surface area contributed by atoms with Gasteiger partial charge in [0.05, 0.1) is 0 Å². The van der Waals surface area contributed by atoms with Crippen molar-refractivity contribution in [3.8, 4) is 0 Å². The van der Waals surface area contributed by atoms with Gasteiger partial charge in [0.2, 0.25) is 0 Å². The van der Waals surface area contributed by atoms with Crippen LogP contribution in [-0.2, 0) is 4.79 Å². The van der Waals surface area contributed by atoms with Gasteiger partial charge in [0.1, 0.15) is 0 Å². The lowest BCUT2D eigenvalue weighted by Crippen LogP contribution is -1.98. The van der Waals surface area contributed by atoms with Gasteiger partial charge in [-0.2, -0.15) is 0 Å². The Morgan fingerprint density at radius 3 is 2.20 bits per heavy atom. The fourth-order valence-electron chi connectivity index (χ4n) is 1.58. The van der Waals surface area contributed by atoms with Gasteiger partial charge in [-0.1, -0.05) is 52.0 Å². The maximum atomic E-state index is 10.7. The van der Waals surface area contributed by atoms with Gasteiger partial charge < -0.3 is 5.11 Å². The van der Waals surface area contributed by atoms with E-state index < -0.39 is 5.97 Å². The Morgan fingerprint density at radius 2 is 1.67 bits per heavy atom. The predicted molar refractivity (Wildman–Crippen MR) is 64.0 cm³/mol. The molecular formula is C13H24O2. The van der Waals surface area contributed by atoms with Gasteiger partial charge in [-0.15, -0.1) is 0 Å². The minimum atomic E-state index is -0.761. The first kappa shape index (κ1) is 14.2. The Morgan fingerprint density at radius 1 is 1.07 bits per heavy atom. The number of unbranched alkanes of at least 4 members (excludes halogenated alkanes) is 6. The molecule has 0 rings (SSSR count). The molecule has 0 fully saturated rings. The van der Waals surface area contributed by atoms with E-state index in [-0.39, 0.29) is 0 Å². The van der Waals surface area contributed by atoms with Crippen LogP contribution in [-0.4, -0.2) is 11.1 Å². The van der Waals surface area contributed by atoms with E-state index >= 15 is 0 Å². The van der Waals surface area contributed by atoms with Crippen LogP contribution in [0.15, 0.2) is 11.6 Å². The predicted octanol–water partition coefficient (Wildman–Crippen LogP) is 4.16. The lowest BCUT2D eigenvalue weighted by atomic mass is 10.1. The molecule has 15 heavy (non-hydrogen) atoms. The monoisotopic (exact) mass is 212 g/mol. The number of carboxylic acids is 1. The molecule has 0 unspecified atom stereocenters. The van der Waals surface area contributed by atoms with E-state index in [9.17, 15) is 4.79 Å². The summed E-state index contributed by atoms with van der Waals surface area (Å²) >= 11 is 0. The zero-order valence-electron chi connectivity index (χ0n) is 10.1. The maximum absolute atomic E-state index is 10.7. The highest BCUT2D eigenvalue weighted by atomic mass is 16.4. The van der Waals surface area contributed by atoms with Crippen LogP contribution >= 0.6 is 0 Å². The summed E-state index contributed by atoms with van der Waals surface area (Å²) in [5.41, 5.74) is 0.559. The topological polar surface area (TPSA) is 37.3 Å². The Kier molecular flexibility index (Phi) is 9.24. The first-order valence-corrected chi connectivity index (χ1v) is 6.14. The SMILES string of the molecule is CCCCCCCC/C=C(/CC)C(=O)O. The van der Waals surface area contributed by atoms with Gasteiger partial charge in [-0.3, -0.25) is 0 Å². The lowest BCUT2D eigenvalue weighted by Gasteiger charge is -1.99. The Balaban J connectivity index is 3.46. The molecule has 0 aliphatic rings. The van der Waals surface area contributed by atoms with Gasteiger partial charge in [-0.05, 0) is 19.3 Å². The summed E-state index contributed by atoms with van der Waals surface area (Å²) in [5.74, 6) is -0.761. The molecule has 0 radical (unpaired) electrons. The van der Waals surface area contributed by atoms with Crippen molar-refractivity contribution in [1.29, 1.82) is 0 Å². The third-order valence-electron chi connectivity index (χ3n) is 2.60. The van der Waals surface area contributed by atoms with Gasteiger partial charge in [0.15, 0.2) is 0 Å². The van der Waals surface area contributed by atoms with Crippen molar-refractivity contribution in [2.24, 2.45) is 0 Å². The van der Waals surface area contributed by atoms with Crippen molar-refractivity contribution < 1.29 is 9.90 Å². The van der Waals surface area contributed by atoms with Crippen LogP contribution < -0.4 is 0 Å². The minimum Gasteiger partial charge on any atom is -0.478 e. The van der Waals surface area contributed by atoms with Crippen molar-refractivity contribution in [2.45, 2.75) is 65.2 Å². The molecule has 0 saturated heterocycles. The van der Waals surface area contributed by atoms with Crippen LogP contribution in [0.5, 0.6) is 0 Å². The molecule has 0 aromatic rings. The average molecular weight is 212 g/mol. The molecule has 0 aliphatic carbocycles. The molecule has 0 spiro atoms. The van der Waals surface area contributed by atoms with Crippen molar-refractivity contribution >= 4 is 5.97 Å². The van der Waals surface area contributed by atoms with E-state index in [2.05, 4.69) is 6.92 Å². The zero-order chi connectivity index (χ0) is 11.5. The number of allylic oxidation sites excluding steroid dienone is 1. The lowest BCUT2D eigenvalue weighted by molar-refractivity contribution is -0.132. The quantitative estimate of drug-likeness (QED) is 0.460. The molecular weight excluding hydrogens is 188 g/mol. The van der Waals surface area contributed by atoms with Crippen LogP contribution in [0.3, 0.4) is 0 Å². The highest BCUT2D eigenvalue weighted by molar-refractivity contribution is 5.86. The third-order valence-corrected chi connectivity index (χ3v) is 2.60. The number of rotatable bonds is 9. The van der Waals surface area contributed by atoms with Crippen molar-refractivity contribution in [3.63, 3.8) is 0 Å². The molecule has 1 N–H and O–H groups in total. The summed E-state index contributed by atoms with van der Waals surface area (Å²) in [6.45, 7) is 4.10. The normalized spacial score (nSPS) is 11.7. The van der Waals surface area contributed by atoms with Crippen molar-refractivity contribution in [1.82, 2.24) is 0 Å². The minimum absolute atomic E-state index is 0.559. The smallest absolute Gasteiger partial charge is 0.331 e. The largest absolute Gasteiger partial charge is 0.478 e. The van der Waals surface area contributed by atoms with Crippen LogP contribution in [0.25, 0.3) is 0 Å². The number of carboxylic acid groups (broad SMARTS) is 1. The zero-order valence-corrected chi connectivity index (χ0v) is 10.1. The Bertz CT molecular complexity index is 195. The van der Waals surface area contributed by atoms with E-state index in [1.807, 2.05) is 13.0 Å². The molecule has 0 aromatic carbocycles. The number of hydrogen-bond donors (Lipinski definition) is 1. The molecule has 0 bridgehead atoms. The fourth-order valence-corrected chi connectivity index (χ4v) is 1.58. The summed E-state index contributed by atoms with van der Waals surface area (Å²) in [6.07, 6.45) is 11.0. The molecule has 0 atom stereocenters. The Hall–Kier alpha value is -0.790. The maximum Gasteiger partial charge on any atom is 0.331 e. The van der Waals surface area contributed by atoms with Crippen LogP contribution in [0.1, 0.15) is 65.2 Å². The van der Waals surface area contributed by atoms with Crippen molar-refractivity contribution in [2.75, 3.05) is 0 Å². The molecule has 0 aliphatic heterocycles. The van der Waals surface area contributed by atoms with Gasteiger partial charge >= 0.3 is 5.97 Å². The van der Waals surface area contributed by atoms with E-state index in [1.54, 1.807) is 0 Å². The molecule has 0 saturated carbocycles. The summed E-state index contributed by atoms with van der Waals surface area (Å²) < 4.78 is 0. The van der Waals surface area contributed by atoms with Crippen LogP contribution in [0.2, 0.25) is 0 Å². The second-order valence-electron chi connectivity index (χ2n) is 3.94. The van der Waals surface area contributed by atoms with Gasteiger partial charge in [0, 0.05) is 5.57 Å². The second-order valence-corrected chi connectivity index (χ2v) is 3.94. The number of carbonyl (C=O) groups is 1. The van der Waals surface area contributed by atoms with Gasteiger partial charge in [-0.25, -0.2) is 4.79 Å². The first-order valence-electron chi connectivity index (χ1n) is 6.14. The van der Waals surface area contributed by atoms with E-state index in [0.29, 0.717) is 12.0 Å². The molecule has 2 nitrogen and oxygen atoms in total. The highest BCUT2D eigenvalue weighted by Crippen LogP contribution is 2.09. The second kappa shape index (κ2) is 9.75. The van der Waals surface area contributed by atoms with E-state index in [1.165, 1.54) is 32.1 Å². The summed E-state index contributed by atoms with van der Waals surface area (Å²) in [7, 11) is 0. The first-order chi connectivity index (χ1) is 7.22. The van der Waals surface area contributed by atoms with Gasteiger partial charge in [0.25, 0.3) is 0 Å². The summed E-state index contributed by atoms with van der Waals surface area (Å²) in [6, 6.07) is 0. The molecule has 0 amide bonds. The Labute approximate surface area is 93.4 Å². The number of aliphatic carboxylic acids is 1. The average Bonchev–Trinajstić information content (AvgIpc) is 2.21. The molecule has 2 heteroatoms. The van der Waals surface area contributed by atoms with Crippen molar-refractivity contribution in [3.05, 3.63) is 11.6 Å². The van der Waals surface area contributed by atoms with E-state index in [0.717, 1.165) is 12.8 Å². The third kappa shape index (κ3) is 8.22. The number of hydrogen-bond acceptors (Lipinski definition) is 1. The molecule has 0 heterocycles. The summed E-state index contributed by atoms with van der Waals surface area (Å²) in [4.78, 5) is 10.7. The van der Waals surface area contributed by atoms with Crippen LogP contribution in [0, 0.1) is 0 Å². The molecule has 88 valence electrons. The fraction of sp³-hybridized carbons (Fsp3) is 0.769. The summed E-state index contributed by atoms with van der Waals surface area (Å²) in [5, 5.41) is 8.78.